The Morgan fingerprint density at radius 3 is 2.50 bits per heavy atom. The average molecular weight is 307 g/mol. The van der Waals surface area contributed by atoms with Crippen molar-refractivity contribution in [2.24, 2.45) is 0 Å². The minimum absolute atomic E-state index is 0.125. The SMILES string of the molecule is COC(=O)CCN(C(=O)c1ccco1)C1CCCCCCC1. The molecule has 1 aliphatic rings. The van der Waals surface area contributed by atoms with Gasteiger partial charge in [0.2, 0.25) is 0 Å². The molecule has 0 saturated heterocycles. The van der Waals surface area contributed by atoms with Gasteiger partial charge in [0.15, 0.2) is 5.76 Å². The highest BCUT2D eigenvalue weighted by Gasteiger charge is 2.27. The molecular weight excluding hydrogens is 282 g/mol. The fourth-order valence-corrected chi connectivity index (χ4v) is 3.05. The first-order chi connectivity index (χ1) is 10.7. The van der Waals surface area contributed by atoms with Gasteiger partial charge in [0.05, 0.1) is 19.8 Å². The Kier molecular flexibility index (Phi) is 6.49. The van der Waals surface area contributed by atoms with Crippen LogP contribution in [0.5, 0.6) is 0 Å². The van der Waals surface area contributed by atoms with Crippen molar-refractivity contribution in [1.29, 1.82) is 0 Å². The molecule has 0 bridgehead atoms. The first kappa shape index (κ1) is 16.6. The first-order valence-electron chi connectivity index (χ1n) is 8.13. The van der Waals surface area contributed by atoms with Gasteiger partial charge in [-0.3, -0.25) is 9.59 Å². The number of furan rings is 1. The monoisotopic (exact) mass is 307 g/mol. The summed E-state index contributed by atoms with van der Waals surface area (Å²) in [5.41, 5.74) is 0. The summed E-state index contributed by atoms with van der Waals surface area (Å²) < 4.78 is 9.95. The van der Waals surface area contributed by atoms with E-state index in [0.29, 0.717) is 12.3 Å². The molecule has 1 aliphatic carbocycles. The molecule has 0 radical (unpaired) electrons. The summed E-state index contributed by atoms with van der Waals surface area (Å²) >= 11 is 0. The third kappa shape index (κ3) is 4.61. The summed E-state index contributed by atoms with van der Waals surface area (Å²) in [7, 11) is 1.37. The lowest BCUT2D eigenvalue weighted by atomic mass is 9.95. The van der Waals surface area contributed by atoms with Crippen molar-refractivity contribution in [3.05, 3.63) is 24.2 Å². The van der Waals surface area contributed by atoms with Crippen molar-refractivity contribution >= 4 is 11.9 Å². The maximum Gasteiger partial charge on any atom is 0.307 e. The number of esters is 1. The van der Waals surface area contributed by atoms with Gasteiger partial charge in [0.1, 0.15) is 0 Å². The van der Waals surface area contributed by atoms with Gasteiger partial charge in [0.25, 0.3) is 5.91 Å². The van der Waals surface area contributed by atoms with E-state index in [2.05, 4.69) is 0 Å². The lowest BCUT2D eigenvalue weighted by Crippen LogP contribution is -2.42. The number of nitrogens with zero attached hydrogens (tertiary/aromatic N) is 1. The number of methoxy groups -OCH3 is 1. The molecule has 5 nitrogen and oxygen atoms in total. The van der Waals surface area contributed by atoms with Crippen LogP contribution in [0.4, 0.5) is 0 Å². The number of ether oxygens (including phenoxy) is 1. The smallest absolute Gasteiger partial charge is 0.307 e. The van der Waals surface area contributed by atoms with Crippen molar-refractivity contribution in [3.63, 3.8) is 0 Å². The summed E-state index contributed by atoms with van der Waals surface area (Å²) in [5, 5.41) is 0. The van der Waals surface area contributed by atoms with Crippen LogP contribution in [0.25, 0.3) is 0 Å². The molecule has 2 rings (SSSR count). The number of hydrogen-bond acceptors (Lipinski definition) is 4. The Bertz CT molecular complexity index is 461. The standard InChI is InChI=1S/C17H25NO4/c1-21-16(19)11-12-18(17(20)15-10-7-13-22-15)14-8-5-3-2-4-6-9-14/h7,10,13-14H,2-6,8-9,11-12H2,1H3. The van der Waals surface area contributed by atoms with Gasteiger partial charge in [0, 0.05) is 12.6 Å². The lowest BCUT2D eigenvalue weighted by Gasteiger charge is -2.32. The average Bonchev–Trinajstić information content (AvgIpc) is 3.02. The van der Waals surface area contributed by atoms with Crippen LogP contribution >= 0.6 is 0 Å². The predicted octanol–water partition coefficient (Wildman–Crippen LogP) is 3.40. The molecule has 0 aromatic carbocycles. The lowest BCUT2D eigenvalue weighted by molar-refractivity contribution is -0.140. The van der Waals surface area contributed by atoms with Crippen molar-refractivity contribution in [1.82, 2.24) is 4.90 Å². The highest BCUT2D eigenvalue weighted by molar-refractivity contribution is 5.91. The summed E-state index contributed by atoms with van der Waals surface area (Å²) in [6, 6.07) is 3.57. The van der Waals surface area contributed by atoms with E-state index in [1.54, 1.807) is 17.0 Å². The largest absolute Gasteiger partial charge is 0.469 e. The second kappa shape index (κ2) is 8.61. The Balaban J connectivity index is 2.08. The van der Waals surface area contributed by atoms with Gasteiger partial charge < -0.3 is 14.1 Å². The van der Waals surface area contributed by atoms with Crippen molar-refractivity contribution in [3.8, 4) is 0 Å². The Labute approximate surface area is 131 Å². The maximum absolute atomic E-state index is 12.7. The van der Waals surface area contributed by atoms with E-state index in [-0.39, 0.29) is 24.3 Å². The Morgan fingerprint density at radius 2 is 1.91 bits per heavy atom. The topological polar surface area (TPSA) is 59.8 Å². The molecule has 1 aromatic rings. The third-order valence-electron chi connectivity index (χ3n) is 4.29. The second-order valence-corrected chi connectivity index (χ2v) is 5.80. The molecule has 1 heterocycles. The predicted molar refractivity (Wildman–Crippen MR) is 82.5 cm³/mol. The molecule has 22 heavy (non-hydrogen) atoms. The molecule has 1 amide bonds. The Morgan fingerprint density at radius 1 is 1.23 bits per heavy atom. The maximum atomic E-state index is 12.7. The summed E-state index contributed by atoms with van der Waals surface area (Å²) in [6.07, 6.45) is 9.69. The van der Waals surface area contributed by atoms with Gasteiger partial charge in [-0.2, -0.15) is 0 Å². The van der Waals surface area contributed by atoms with Crippen LogP contribution < -0.4 is 0 Å². The van der Waals surface area contributed by atoms with Crippen molar-refractivity contribution in [2.45, 2.75) is 57.4 Å². The molecular formula is C17H25NO4. The van der Waals surface area contributed by atoms with E-state index in [9.17, 15) is 9.59 Å². The van der Waals surface area contributed by atoms with E-state index in [1.165, 1.54) is 32.6 Å². The zero-order valence-corrected chi connectivity index (χ0v) is 13.3. The minimum Gasteiger partial charge on any atom is -0.469 e. The molecule has 0 N–H and O–H groups in total. The Hall–Kier alpha value is -1.78. The summed E-state index contributed by atoms with van der Waals surface area (Å²) in [5.74, 6) is -0.0745. The van der Waals surface area contributed by atoms with E-state index in [1.807, 2.05) is 0 Å². The van der Waals surface area contributed by atoms with E-state index in [4.69, 9.17) is 9.15 Å². The van der Waals surface area contributed by atoms with Gasteiger partial charge in [-0.1, -0.05) is 32.1 Å². The molecule has 122 valence electrons. The van der Waals surface area contributed by atoms with Gasteiger partial charge >= 0.3 is 5.97 Å². The minimum atomic E-state index is -0.289. The second-order valence-electron chi connectivity index (χ2n) is 5.80. The first-order valence-corrected chi connectivity index (χ1v) is 8.13. The zero-order valence-electron chi connectivity index (χ0n) is 13.3. The fourth-order valence-electron chi connectivity index (χ4n) is 3.05. The van der Waals surface area contributed by atoms with Crippen molar-refractivity contribution in [2.75, 3.05) is 13.7 Å². The van der Waals surface area contributed by atoms with Gasteiger partial charge in [-0.25, -0.2) is 0 Å². The molecule has 1 saturated carbocycles. The van der Waals surface area contributed by atoms with Gasteiger partial charge in [-0.05, 0) is 25.0 Å². The summed E-state index contributed by atoms with van der Waals surface area (Å²) in [6.45, 7) is 0.386. The van der Waals surface area contributed by atoms with Crippen LogP contribution in [0.3, 0.4) is 0 Å². The van der Waals surface area contributed by atoms with Gasteiger partial charge in [-0.15, -0.1) is 0 Å². The van der Waals surface area contributed by atoms with Crippen LogP contribution in [0.2, 0.25) is 0 Å². The molecule has 5 heteroatoms. The van der Waals surface area contributed by atoms with E-state index >= 15 is 0 Å². The highest BCUT2D eigenvalue weighted by atomic mass is 16.5. The van der Waals surface area contributed by atoms with Crippen LogP contribution in [-0.2, 0) is 9.53 Å². The van der Waals surface area contributed by atoms with Crippen LogP contribution in [-0.4, -0.2) is 36.5 Å². The number of hydrogen-bond donors (Lipinski definition) is 0. The molecule has 0 spiro atoms. The quantitative estimate of drug-likeness (QED) is 0.782. The molecule has 0 aliphatic heterocycles. The van der Waals surface area contributed by atoms with Crippen LogP contribution in [0.1, 0.15) is 61.9 Å². The fraction of sp³-hybridized carbons (Fsp3) is 0.647. The molecule has 0 unspecified atom stereocenters. The van der Waals surface area contributed by atoms with Crippen LogP contribution in [0, 0.1) is 0 Å². The highest BCUT2D eigenvalue weighted by Crippen LogP contribution is 2.23. The molecule has 0 atom stereocenters. The van der Waals surface area contributed by atoms with Crippen LogP contribution in [0.15, 0.2) is 22.8 Å². The van der Waals surface area contributed by atoms with E-state index < -0.39 is 0 Å². The summed E-state index contributed by atoms with van der Waals surface area (Å²) in [4.78, 5) is 25.9. The zero-order chi connectivity index (χ0) is 15.8. The third-order valence-corrected chi connectivity index (χ3v) is 4.29. The number of carbonyl (C=O) groups is 2. The number of carbonyl (C=O) groups excluding carboxylic acids is 2. The molecule has 1 aromatic heterocycles. The number of amides is 1. The van der Waals surface area contributed by atoms with Crippen molar-refractivity contribution < 1.29 is 18.7 Å². The normalized spacial score (nSPS) is 16.6. The molecule has 1 fully saturated rings. The number of rotatable bonds is 5. The van der Waals surface area contributed by atoms with E-state index in [0.717, 1.165) is 25.7 Å².